The summed E-state index contributed by atoms with van der Waals surface area (Å²) in [6.45, 7) is -0.728. The van der Waals surface area contributed by atoms with Crippen LogP contribution in [0.1, 0.15) is 0 Å². The first-order valence-corrected chi connectivity index (χ1v) is 4.86. The fraction of sp³-hybridized carbons (Fsp3) is 0.556. The number of rotatable bonds is 3. The first kappa shape index (κ1) is 9.91. The maximum atomic E-state index is 11.8. The minimum atomic E-state index is -0.728. The molecule has 1 N–H and O–H groups in total. The second kappa shape index (κ2) is 3.36. The Labute approximate surface area is 90.1 Å². The summed E-state index contributed by atoms with van der Waals surface area (Å²) in [7, 11) is 0. The van der Waals surface area contributed by atoms with Gasteiger partial charge in [-0.2, -0.15) is 4.89 Å². The molecule has 3 heterocycles. The Bertz CT molecular complexity index is 350. The third-order valence-electron chi connectivity index (χ3n) is 3.05. The zero-order valence-corrected chi connectivity index (χ0v) is 8.11. The molecule has 2 amide bonds. The van der Waals surface area contributed by atoms with E-state index in [4.69, 9.17) is 9.84 Å². The molecule has 4 unspecified atom stereocenters. The number of nitrogens with zero attached hydrogens (tertiary/aromatic N) is 1. The third-order valence-corrected chi connectivity index (χ3v) is 3.05. The van der Waals surface area contributed by atoms with Gasteiger partial charge in [0.1, 0.15) is 0 Å². The molecule has 3 aliphatic heterocycles. The van der Waals surface area contributed by atoms with E-state index < -0.39 is 30.4 Å². The zero-order valence-electron chi connectivity index (χ0n) is 8.11. The minimum Gasteiger partial charge on any atom is -0.368 e. The monoisotopic (exact) mass is 227 g/mol. The average Bonchev–Trinajstić information content (AvgIpc) is 2.92. The zero-order chi connectivity index (χ0) is 11.3. The van der Waals surface area contributed by atoms with E-state index in [1.165, 1.54) is 0 Å². The summed E-state index contributed by atoms with van der Waals surface area (Å²) in [5.74, 6) is -2.02. The number of hydrogen-bond donors (Lipinski definition) is 1. The van der Waals surface area contributed by atoms with Crippen molar-refractivity contribution < 1.29 is 29.3 Å². The molecule has 16 heavy (non-hydrogen) atoms. The van der Waals surface area contributed by atoms with Gasteiger partial charge in [0.2, 0.25) is 0 Å². The summed E-state index contributed by atoms with van der Waals surface area (Å²) in [4.78, 5) is 32.2. The van der Waals surface area contributed by atoms with Gasteiger partial charge in [-0.1, -0.05) is 17.1 Å². The first-order valence-electron chi connectivity index (χ1n) is 4.86. The molecule has 0 spiro atoms. The molecule has 86 valence electrons. The molecule has 0 saturated carbocycles. The van der Waals surface area contributed by atoms with Gasteiger partial charge in [-0.05, 0) is 0 Å². The van der Waals surface area contributed by atoms with E-state index >= 15 is 0 Å². The predicted octanol–water partition coefficient (Wildman–Crippen LogP) is -1.26. The van der Waals surface area contributed by atoms with Crippen LogP contribution in [0.3, 0.4) is 0 Å². The van der Waals surface area contributed by atoms with E-state index in [-0.39, 0.29) is 12.2 Å². The van der Waals surface area contributed by atoms with Gasteiger partial charge in [-0.15, -0.1) is 5.06 Å². The van der Waals surface area contributed by atoms with Crippen molar-refractivity contribution in [3.8, 4) is 0 Å². The van der Waals surface area contributed by atoms with Crippen LogP contribution in [0.2, 0.25) is 0 Å². The maximum Gasteiger partial charge on any atom is 0.263 e. The standard InChI is InChI=1S/C9H9NO6/c11-3-14-16-10-8(12)6-4-1-2-5(15-4)7(6)9(10)13/h1-2,4-7,11H,3H2. The first-order chi connectivity index (χ1) is 7.74. The van der Waals surface area contributed by atoms with Crippen LogP contribution in [0.4, 0.5) is 0 Å². The molecule has 0 radical (unpaired) electrons. The Hall–Kier alpha value is -1.28. The van der Waals surface area contributed by atoms with Crippen molar-refractivity contribution in [1.82, 2.24) is 5.06 Å². The lowest BCUT2D eigenvalue weighted by Crippen LogP contribution is -2.34. The molecule has 3 rings (SSSR count). The molecule has 2 bridgehead atoms. The highest BCUT2D eigenvalue weighted by molar-refractivity contribution is 6.05. The summed E-state index contributed by atoms with van der Waals surface area (Å²) in [5.41, 5.74) is 0. The number of fused-ring (bicyclic) bond motifs is 5. The van der Waals surface area contributed by atoms with E-state index in [1.54, 1.807) is 12.2 Å². The summed E-state index contributed by atoms with van der Waals surface area (Å²) in [5, 5.41) is 8.94. The third kappa shape index (κ3) is 1.11. The number of carbonyl (C=O) groups excluding carboxylic acids is 2. The van der Waals surface area contributed by atoms with Crippen LogP contribution in [0.5, 0.6) is 0 Å². The molecule has 2 fully saturated rings. The van der Waals surface area contributed by atoms with Gasteiger partial charge in [0.15, 0.2) is 6.79 Å². The number of carbonyl (C=O) groups is 2. The van der Waals surface area contributed by atoms with E-state index in [9.17, 15) is 9.59 Å². The molecule has 0 aromatic heterocycles. The molecular formula is C9H9NO6. The molecule has 3 aliphatic rings. The van der Waals surface area contributed by atoms with Crippen LogP contribution in [0, 0.1) is 11.8 Å². The van der Waals surface area contributed by atoms with Crippen molar-refractivity contribution in [3.63, 3.8) is 0 Å². The molecule has 0 aromatic carbocycles. The fourth-order valence-electron chi connectivity index (χ4n) is 2.43. The van der Waals surface area contributed by atoms with Crippen LogP contribution >= 0.6 is 0 Å². The Kier molecular flexibility index (Phi) is 2.08. The lowest BCUT2D eigenvalue weighted by Gasteiger charge is -2.13. The largest absolute Gasteiger partial charge is 0.368 e. The highest BCUT2D eigenvalue weighted by atomic mass is 17.3. The van der Waals surface area contributed by atoms with Gasteiger partial charge in [-0.3, -0.25) is 9.59 Å². The van der Waals surface area contributed by atoms with Crippen molar-refractivity contribution in [2.45, 2.75) is 12.2 Å². The van der Waals surface area contributed by atoms with Crippen molar-refractivity contribution in [2.24, 2.45) is 11.8 Å². The Morgan fingerprint density at radius 3 is 2.31 bits per heavy atom. The molecule has 7 nitrogen and oxygen atoms in total. The number of amides is 2. The number of ether oxygens (including phenoxy) is 1. The van der Waals surface area contributed by atoms with Crippen molar-refractivity contribution in [1.29, 1.82) is 0 Å². The predicted molar refractivity (Wildman–Crippen MR) is 45.9 cm³/mol. The average molecular weight is 227 g/mol. The van der Waals surface area contributed by atoms with Crippen molar-refractivity contribution in [3.05, 3.63) is 12.2 Å². The summed E-state index contributed by atoms with van der Waals surface area (Å²) in [6.07, 6.45) is 2.84. The van der Waals surface area contributed by atoms with Gasteiger partial charge in [-0.25, -0.2) is 0 Å². The summed E-state index contributed by atoms with van der Waals surface area (Å²) in [6, 6.07) is 0. The van der Waals surface area contributed by atoms with Crippen molar-refractivity contribution >= 4 is 11.8 Å². The number of hydroxylamine groups is 2. The molecule has 4 atom stereocenters. The van der Waals surface area contributed by atoms with Gasteiger partial charge >= 0.3 is 0 Å². The van der Waals surface area contributed by atoms with Crippen LogP contribution in [0.25, 0.3) is 0 Å². The van der Waals surface area contributed by atoms with Crippen molar-refractivity contribution in [2.75, 3.05) is 6.79 Å². The molecule has 2 saturated heterocycles. The van der Waals surface area contributed by atoms with Crippen LogP contribution in [-0.4, -0.2) is 41.0 Å². The lowest BCUT2D eigenvalue weighted by molar-refractivity contribution is -0.415. The summed E-state index contributed by atoms with van der Waals surface area (Å²) < 4.78 is 5.41. The molecule has 7 heteroatoms. The minimum absolute atomic E-state index is 0.353. The molecule has 0 aliphatic carbocycles. The maximum absolute atomic E-state index is 11.8. The van der Waals surface area contributed by atoms with E-state index in [1.807, 2.05) is 0 Å². The topological polar surface area (TPSA) is 85.3 Å². The van der Waals surface area contributed by atoms with Gasteiger partial charge in [0.25, 0.3) is 11.8 Å². The molecular weight excluding hydrogens is 218 g/mol. The Morgan fingerprint density at radius 1 is 1.25 bits per heavy atom. The smallest absolute Gasteiger partial charge is 0.263 e. The Balaban J connectivity index is 1.83. The van der Waals surface area contributed by atoms with Crippen LogP contribution in [-0.2, 0) is 24.2 Å². The number of aliphatic hydroxyl groups is 1. The normalized spacial score (nSPS) is 39.9. The molecule has 0 aromatic rings. The van der Waals surface area contributed by atoms with Gasteiger partial charge in [0, 0.05) is 0 Å². The number of aliphatic hydroxyl groups excluding tert-OH is 1. The second-order valence-corrected chi connectivity index (χ2v) is 3.79. The SMILES string of the molecule is O=C1C2C3C=CC(O3)C2C(=O)N1OOCO. The van der Waals surface area contributed by atoms with Crippen LogP contribution < -0.4 is 0 Å². The van der Waals surface area contributed by atoms with Gasteiger partial charge < -0.3 is 9.84 Å². The quantitative estimate of drug-likeness (QED) is 0.213. The van der Waals surface area contributed by atoms with Crippen LogP contribution in [0.15, 0.2) is 12.2 Å². The van der Waals surface area contributed by atoms with Gasteiger partial charge in [0.05, 0.1) is 24.0 Å². The second-order valence-electron chi connectivity index (χ2n) is 3.79. The Morgan fingerprint density at radius 2 is 1.81 bits per heavy atom. The number of hydrogen-bond acceptors (Lipinski definition) is 6. The van der Waals surface area contributed by atoms with E-state index in [0.717, 1.165) is 0 Å². The fourth-order valence-corrected chi connectivity index (χ4v) is 2.43. The lowest BCUT2D eigenvalue weighted by atomic mass is 9.85. The highest BCUT2D eigenvalue weighted by Gasteiger charge is 2.61. The van der Waals surface area contributed by atoms with E-state index in [2.05, 4.69) is 9.88 Å². The van der Waals surface area contributed by atoms with E-state index in [0.29, 0.717) is 5.06 Å². The summed E-state index contributed by atoms with van der Waals surface area (Å²) >= 11 is 0. The number of imide groups is 1. The highest BCUT2D eigenvalue weighted by Crippen LogP contribution is 2.45.